The number of nitrogens with two attached hydrogens (primary N) is 1. The zero-order valence-corrected chi connectivity index (χ0v) is 10.9. The van der Waals surface area contributed by atoms with E-state index in [0.29, 0.717) is 0 Å². The molecule has 0 radical (unpaired) electrons. The van der Waals surface area contributed by atoms with Gasteiger partial charge < -0.3 is 20.1 Å². The van der Waals surface area contributed by atoms with E-state index in [1.165, 1.54) is 0 Å². The highest BCUT2D eigenvalue weighted by molar-refractivity contribution is 5.13. The van der Waals surface area contributed by atoms with Gasteiger partial charge >= 0.3 is 5.69 Å². The number of hydrogen-bond donors (Lipinski definition) is 5. The first-order valence-electron chi connectivity index (χ1n) is 6.07. The molecule has 0 amide bonds. The number of nitrogens with zero attached hydrogens (tertiary/aromatic N) is 1. The second-order valence-electron chi connectivity index (χ2n) is 4.69. The minimum Gasteiger partial charge on any atom is -0.394 e. The van der Waals surface area contributed by atoms with Gasteiger partial charge in [0.2, 0.25) is 5.85 Å². The molecule has 0 bridgehead atoms. The van der Waals surface area contributed by atoms with Crippen LogP contribution in [0.3, 0.4) is 0 Å². The first kappa shape index (κ1) is 15.4. The Morgan fingerprint density at radius 2 is 2.19 bits per heavy atom. The molecule has 0 saturated carbocycles. The summed E-state index contributed by atoms with van der Waals surface area (Å²) in [5.74, 6) is 0.118. The van der Waals surface area contributed by atoms with Crippen LogP contribution in [-0.2, 0) is 17.0 Å². The largest absolute Gasteiger partial charge is 0.394 e. The molecule has 1 aliphatic rings. The van der Waals surface area contributed by atoms with Gasteiger partial charge in [0.25, 0.3) is 5.56 Å². The SMILES string of the molecule is C#CCc1cn([C@]2(N)O[C@H](CO)[C@@H](O)[C@H]2O)c(=O)[nH]c1=O. The first-order chi connectivity index (χ1) is 9.85. The van der Waals surface area contributed by atoms with Crippen LogP contribution in [0.25, 0.3) is 0 Å². The molecule has 0 aromatic carbocycles. The minimum absolute atomic E-state index is 0.0617. The number of aliphatic hydroxyl groups is 3. The van der Waals surface area contributed by atoms with Crippen LogP contribution in [0.2, 0.25) is 0 Å². The summed E-state index contributed by atoms with van der Waals surface area (Å²) in [6.07, 6.45) is 1.79. The summed E-state index contributed by atoms with van der Waals surface area (Å²) >= 11 is 0. The number of H-pyrrole nitrogens is 1. The zero-order chi connectivity index (χ0) is 15.8. The molecule has 9 heteroatoms. The fraction of sp³-hybridized carbons (Fsp3) is 0.500. The molecule has 0 unspecified atom stereocenters. The van der Waals surface area contributed by atoms with Gasteiger partial charge in [-0.25, -0.2) is 4.79 Å². The maximum atomic E-state index is 11.9. The molecule has 1 aliphatic heterocycles. The van der Waals surface area contributed by atoms with E-state index in [-0.39, 0.29) is 12.0 Å². The van der Waals surface area contributed by atoms with Crippen molar-refractivity contribution in [2.75, 3.05) is 6.61 Å². The van der Waals surface area contributed by atoms with Gasteiger partial charge in [0, 0.05) is 18.2 Å². The van der Waals surface area contributed by atoms with E-state index in [1.807, 2.05) is 4.98 Å². The van der Waals surface area contributed by atoms with Crippen LogP contribution < -0.4 is 17.0 Å². The second-order valence-corrected chi connectivity index (χ2v) is 4.69. The molecule has 1 aromatic heterocycles. The van der Waals surface area contributed by atoms with Crippen molar-refractivity contribution in [1.29, 1.82) is 0 Å². The van der Waals surface area contributed by atoms with Crippen LogP contribution in [0, 0.1) is 12.3 Å². The summed E-state index contributed by atoms with van der Waals surface area (Å²) in [6, 6.07) is 0. The fourth-order valence-corrected chi connectivity index (χ4v) is 2.18. The van der Waals surface area contributed by atoms with Crippen molar-refractivity contribution in [2.24, 2.45) is 5.73 Å². The Morgan fingerprint density at radius 1 is 1.52 bits per heavy atom. The second kappa shape index (κ2) is 5.44. The summed E-state index contributed by atoms with van der Waals surface area (Å²) in [5.41, 5.74) is 4.30. The minimum atomic E-state index is -2.13. The summed E-state index contributed by atoms with van der Waals surface area (Å²) in [6.45, 7) is -0.605. The smallest absolute Gasteiger partial charge is 0.331 e. The highest BCUT2D eigenvalue weighted by Crippen LogP contribution is 2.30. The van der Waals surface area contributed by atoms with E-state index in [9.17, 15) is 19.8 Å². The normalized spacial score (nSPS) is 32.0. The Hall–Kier alpha value is -1.96. The lowest BCUT2D eigenvalue weighted by molar-refractivity contribution is -0.146. The number of hydrogen-bond acceptors (Lipinski definition) is 7. The molecule has 9 nitrogen and oxygen atoms in total. The third-order valence-electron chi connectivity index (χ3n) is 3.33. The fourth-order valence-electron chi connectivity index (χ4n) is 2.18. The summed E-state index contributed by atoms with van der Waals surface area (Å²) in [7, 11) is 0. The Labute approximate surface area is 118 Å². The van der Waals surface area contributed by atoms with Gasteiger partial charge in [-0.2, -0.15) is 0 Å². The predicted octanol–water partition coefficient (Wildman–Crippen LogP) is -3.61. The summed E-state index contributed by atoms with van der Waals surface area (Å²) < 4.78 is 5.92. The van der Waals surface area contributed by atoms with E-state index in [1.54, 1.807) is 0 Å². The van der Waals surface area contributed by atoms with Crippen LogP contribution in [-0.4, -0.2) is 49.8 Å². The van der Waals surface area contributed by atoms with Gasteiger partial charge in [0.05, 0.1) is 6.61 Å². The van der Waals surface area contributed by atoms with E-state index in [0.717, 1.165) is 10.8 Å². The third kappa shape index (κ3) is 2.39. The molecule has 2 rings (SSSR count). The predicted molar refractivity (Wildman–Crippen MR) is 70.0 cm³/mol. The molecule has 2 heterocycles. The van der Waals surface area contributed by atoms with Crippen molar-refractivity contribution >= 4 is 0 Å². The molecule has 1 fully saturated rings. The number of aliphatic hydroxyl groups excluding tert-OH is 3. The molecule has 0 spiro atoms. The standard InChI is InChI=1S/C12H15N3O6/c1-2-3-6-4-15(11(20)14-10(6)19)12(13)9(18)8(17)7(5-16)21-12/h1,4,7-9,16-18H,3,5,13H2,(H,14,19,20)/t7-,8-,9-,12+/m1/s1. The number of terminal acetylenes is 1. The number of aromatic nitrogens is 2. The van der Waals surface area contributed by atoms with Gasteiger partial charge in [-0.3, -0.25) is 20.1 Å². The maximum absolute atomic E-state index is 11.9. The maximum Gasteiger partial charge on any atom is 0.331 e. The topological polar surface area (TPSA) is 151 Å². The van der Waals surface area contributed by atoms with Crippen molar-refractivity contribution in [1.82, 2.24) is 9.55 Å². The van der Waals surface area contributed by atoms with Crippen molar-refractivity contribution in [3.8, 4) is 12.3 Å². The van der Waals surface area contributed by atoms with Crippen LogP contribution in [0.1, 0.15) is 5.56 Å². The lowest BCUT2D eigenvalue weighted by Gasteiger charge is -2.29. The van der Waals surface area contributed by atoms with E-state index >= 15 is 0 Å². The first-order valence-corrected chi connectivity index (χ1v) is 6.07. The van der Waals surface area contributed by atoms with Crippen molar-refractivity contribution in [2.45, 2.75) is 30.6 Å². The average Bonchev–Trinajstić information content (AvgIpc) is 2.67. The van der Waals surface area contributed by atoms with Gasteiger partial charge in [-0.15, -0.1) is 12.3 Å². The summed E-state index contributed by atoms with van der Waals surface area (Å²) in [4.78, 5) is 25.4. The highest BCUT2D eigenvalue weighted by Gasteiger charge is 2.53. The molecule has 4 atom stereocenters. The lowest BCUT2D eigenvalue weighted by Crippen LogP contribution is -2.58. The van der Waals surface area contributed by atoms with Crippen LogP contribution in [0.4, 0.5) is 0 Å². The van der Waals surface area contributed by atoms with Crippen molar-refractivity contribution in [3.05, 3.63) is 32.6 Å². The van der Waals surface area contributed by atoms with Gasteiger partial charge in [0.15, 0.2) is 0 Å². The highest BCUT2D eigenvalue weighted by atomic mass is 16.6. The Kier molecular flexibility index (Phi) is 3.99. The van der Waals surface area contributed by atoms with Crippen molar-refractivity contribution < 1.29 is 20.1 Å². The molecule has 0 aliphatic carbocycles. The van der Waals surface area contributed by atoms with Crippen molar-refractivity contribution in [3.63, 3.8) is 0 Å². The Balaban J connectivity index is 2.56. The summed E-state index contributed by atoms with van der Waals surface area (Å²) in [5, 5.41) is 28.8. The number of rotatable bonds is 3. The Bertz CT molecular complexity index is 689. The quantitative estimate of drug-likeness (QED) is 0.361. The van der Waals surface area contributed by atoms with Crippen LogP contribution in [0.5, 0.6) is 0 Å². The van der Waals surface area contributed by atoms with Gasteiger partial charge in [0.1, 0.15) is 18.3 Å². The lowest BCUT2D eigenvalue weighted by atomic mass is 10.1. The number of aromatic amines is 1. The Morgan fingerprint density at radius 3 is 2.71 bits per heavy atom. The van der Waals surface area contributed by atoms with E-state index < -0.39 is 42.0 Å². The van der Waals surface area contributed by atoms with E-state index in [4.69, 9.17) is 22.0 Å². The molecular formula is C12H15N3O6. The third-order valence-corrected chi connectivity index (χ3v) is 3.33. The van der Waals surface area contributed by atoms with Crippen LogP contribution in [0.15, 0.2) is 15.8 Å². The average molecular weight is 297 g/mol. The zero-order valence-electron chi connectivity index (χ0n) is 10.9. The molecule has 21 heavy (non-hydrogen) atoms. The number of ether oxygens (including phenoxy) is 1. The van der Waals surface area contributed by atoms with Gasteiger partial charge in [-0.05, 0) is 0 Å². The molecular weight excluding hydrogens is 282 g/mol. The van der Waals surface area contributed by atoms with E-state index in [2.05, 4.69) is 5.92 Å². The molecule has 1 saturated heterocycles. The molecule has 1 aromatic rings. The van der Waals surface area contributed by atoms with Crippen LogP contribution >= 0.6 is 0 Å². The number of nitrogens with one attached hydrogen (secondary N) is 1. The molecule has 6 N–H and O–H groups in total. The molecule has 114 valence electrons. The monoisotopic (exact) mass is 297 g/mol. The van der Waals surface area contributed by atoms with Gasteiger partial charge in [-0.1, -0.05) is 0 Å².